The molecule has 2 aromatic rings. The van der Waals surface area contributed by atoms with E-state index in [1.807, 2.05) is 21.0 Å². The first kappa shape index (κ1) is 12.5. The van der Waals surface area contributed by atoms with Crippen LogP contribution in [0.4, 0.5) is 0 Å². The normalized spacial score (nSPS) is 18.4. The highest BCUT2D eigenvalue weighted by atomic mass is 32.1. The van der Waals surface area contributed by atoms with Crippen molar-refractivity contribution in [2.75, 3.05) is 14.1 Å². The van der Waals surface area contributed by atoms with E-state index in [9.17, 15) is 4.79 Å². The Bertz CT molecular complexity index is 647. The average molecular weight is 275 g/mol. The van der Waals surface area contributed by atoms with Crippen molar-refractivity contribution in [3.8, 4) is 0 Å². The molecule has 0 bridgehead atoms. The Labute approximate surface area is 116 Å². The molecule has 100 valence electrons. The third-order valence-electron chi connectivity index (χ3n) is 3.82. The summed E-state index contributed by atoms with van der Waals surface area (Å²) in [6.07, 6.45) is 4.38. The Hall–Kier alpha value is -1.49. The fourth-order valence-electron chi connectivity index (χ4n) is 2.84. The standard InChI is InChI=1S/C14H17N3OS/c1-8-12-10-5-4-9(14(18)17(2)3)6-11(10)19-13(12)16-7-15-8/h7,9H,4-6H2,1-3H3. The number of aryl methyl sites for hydroxylation is 2. The molecule has 0 aliphatic heterocycles. The highest BCUT2D eigenvalue weighted by molar-refractivity contribution is 7.18. The van der Waals surface area contributed by atoms with E-state index < -0.39 is 0 Å². The zero-order chi connectivity index (χ0) is 13.6. The fraction of sp³-hybridized carbons (Fsp3) is 0.500. The van der Waals surface area contributed by atoms with E-state index >= 15 is 0 Å². The second-order valence-electron chi connectivity index (χ2n) is 5.32. The maximum atomic E-state index is 12.1. The molecule has 1 aliphatic rings. The van der Waals surface area contributed by atoms with Crippen LogP contribution in [-0.4, -0.2) is 34.9 Å². The topological polar surface area (TPSA) is 46.1 Å². The van der Waals surface area contributed by atoms with Crippen LogP contribution in [0.3, 0.4) is 0 Å². The summed E-state index contributed by atoms with van der Waals surface area (Å²) in [6, 6.07) is 0. The predicted octanol–water partition coefficient (Wildman–Crippen LogP) is 2.19. The molecule has 3 rings (SSSR count). The van der Waals surface area contributed by atoms with Gasteiger partial charge in [0.15, 0.2) is 0 Å². The average Bonchev–Trinajstić information content (AvgIpc) is 2.76. The molecule has 19 heavy (non-hydrogen) atoms. The number of aromatic nitrogens is 2. The van der Waals surface area contributed by atoms with Gasteiger partial charge in [0.2, 0.25) is 5.91 Å². The fourth-order valence-corrected chi connectivity index (χ4v) is 4.16. The molecule has 0 radical (unpaired) electrons. The van der Waals surface area contributed by atoms with E-state index in [1.165, 1.54) is 15.8 Å². The van der Waals surface area contributed by atoms with Gasteiger partial charge in [-0.3, -0.25) is 4.79 Å². The number of carbonyl (C=O) groups is 1. The third-order valence-corrected chi connectivity index (χ3v) is 4.99. The van der Waals surface area contributed by atoms with Gasteiger partial charge in [-0.05, 0) is 31.7 Å². The van der Waals surface area contributed by atoms with Crippen LogP contribution in [0.15, 0.2) is 6.33 Å². The van der Waals surface area contributed by atoms with E-state index in [2.05, 4.69) is 9.97 Å². The van der Waals surface area contributed by atoms with Crippen molar-refractivity contribution in [2.45, 2.75) is 26.2 Å². The first-order chi connectivity index (χ1) is 9.08. The first-order valence-corrected chi connectivity index (χ1v) is 7.32. The number of fused-ring (bicyclic) bond motifs is 3. The molecule has 2 heterocycles. The lowest BCUT2D eigenvalue weighted by Gasteiger charge is -2.24. The van der Waals surface area contributed by atoms with Crippen LogP contribution in [0.2, 0.25) is 0 Å². The van der Waals surface area contributed by atoms with Gasteiger partial charge >= 0.3 is 0 Å². The summed E-state index contributed by atoms with van der Waals surface area (Å²) < 4.78 is 0. The van der Waals surface area contributed by atoms with E-state index in [0.29, 0.717) is 0 Å². The first-order valence-electron chi connectivity index (χ1n) is 6.51. The second-order valence-corrected chi connectivity index (χ2v) is 6.40. The lowest BCUT2D eigenvalue weighted by Crippen LogP contribution is -2.32. The van der Waals surface area contributed by atoms with Gasteiger partial charge in [-0.15, -0.1) is 11.3 Å². The Kier molecular flexibility index (Phi) is 3.01. The van der Waals surface area contributed by atoms with Crippen LogP contribution < -0.4 is 0 Å². The maximum Gasteiger partial charge on any atom is 0.225 e. The number of thiophene rings is 1. The Morgan fingerprint density at radius 2 is 2.21 bits per heavy atom. The van der Waals surface area contributed by atoms with Crippen molar-refractivity contribution in [2.24, 2.45) is 5.92 Å². The van der Waals surface area contributed by atoms with E-state index in [1.54, 1.807) is 22.6 Å². The molecule has 0 saturated carbocycles. The largest absolute Gasteiger partial charge is 0.349 e. The number of amides is 1. The number of carbonyl (C=O) groups excluding carboxylic acids is 1. The zero-order valence-electron chi connectivity index (χ0n) is 11.4. The van der Waals surface area contributed by atoms with E-state index in [4.69, 9.17) is 0 Å². The molecular weight excluding hydrogens is 258 g/mol. The maximum absolute atomic E-state index is 12.1. The molecule has 1 unspecified atom stereocenters. The summed E-state index contributed by atoms with van der Waals surface area (Å²) in [7, 11) is 3.66. The van der Waals surface area contributed by atoms with Crippen LogP contribution in [0.1, 0.15) is 22.6 Å². The molecule has 5 heteroatoms. The van der Waals surface area contributed by atoms with Crippen molar-refractivity contribution >= 4 is 27.5 Å². The molecule has 1 atom stereocenters. The number of rotatable bonds is 1. The van der Waals surface area contributed by atoms with E-state index in [0.717, 1.165) is 29.8 Å². The minimum absolute atomic E-state index is 0.129. The molecule has 1 amide bonds. The van der Waals surface area contributed by atoms with Gasteiger partial charge in [0.1, 0.15) is 11.2 Å². The molecular formula is C14H17N3OS. The summed E-state index contributed by atoms with van der Waals surface area (Å²) in [4.78, 5) is 24.8. The summed E-state index contributed by atoms with van der Waals surface area (Å²) in [5, 5.41) is 1.22. The Balaban J connectivity index is 2.01. The van der Waals surface area contributed by atoms with Gasteiger partial charge in [0.25, 0.3) is 0 Å². The number of hydrogen-bond donors (Lipinski definition) is 0. The van der Waals surface area contributed by atoms with Gasteiger partial charge in [0.05, 0.1) is 0 Å². The van der Waals surface area contributed by atoms with Gasteiger partial charge in [0, 0.05) is 36.0 Å². The molecule has 2 aromatic heterocycles. The van der Waals surface area contributed by atoms with Gasteiger partial charge in [-0.1, -0.05) is 0 Å². The van der Waals surface area contributed by atoms with Crippen LogP contribution in [0.25, 0.3) is 10.2 Å². The van der Waals surface area contributed by atoms with Crippen LogP contribution in [0, 0.1) is 12.8 Å². The van der Waals surface area contributed by atoms with Crippen molar-refractivity contribution < 1.29 is 4.79 Å². The molecule has 1 aliphatic carbocycles. The van der Waals surface area contributed by atoms with Crippen molar-refractivity contribution in [1.82, 2.24) is 14.9 Å². The summed E-state index contributed by atoms with van der Waals surface area (Å²) in [5.41, 5.74) is 2.43. The highest BCUT2D eigenvalue weighted by Gasteiger charge is 2.29. The highest BCUT2D eigenvalue weighted by Crippen LogP contribution is 2.38. The molecule has 0 saturated heterocycles. The van der Waals surface area contributed by atoms with Crippen LogP contribution in [0.5, 0.6) is 0 Å². The Morgan fingerprint density at radius 1 is 1.42 bits per heavy atom. The van der Waals surface area contributed by atoms with Crippen LogP contribution >= 0.6 is 11.3 Å². The van der Waals surface area contributed by atoms with Gasteiger partial charge in [-0.25, -0.2) is 9.97 Å². The SMILES string of the molecule is Cc1ncnc2sc3c(c12)CCC(C(=O)N(C)C)C3. The summed E-state index contributed by atoms with van der Waals surface area (Å²) in [6.45, 7) is 2.04. The number of hydrogen-bond acceptors (Lipinski definition) is 4. The van der Waals surface area contributed by atoms with Gasteiger partial charge < -0.3 is 4.90 Å². The molecule has 0 N–H and O–H groups in total. The third kappa shape index (κ3) is 2.02. The zero-order valence-corrected chi connectivity index (χ0v) is 12.3. The molecule has 4 nitrogen and oxygen atoms in total. The minimum Gasteiger partial charge on any atom is -0.349 e. The summed E-state index contributed by atoms with van der Waals surface area (Å²) in [5.74, 6) is 0.370. The monoisotopic (exact) mass is 275 g/mol. The quantitative estimate of drug-likeness (QED) is 0.801. The molecule has 0 spiro atoms. The molecule has 0 fully saturated rings. The minimum atomic E-state index is 0.129. The molecule has 0 aromatic carbocycles. The Morgan fingerprint density at radius 3 is 2.95 bits per heavy atom. The number of nitrogens with zero attached hydrogens (tertiary/aromatic N) is 3. The second kappa shape index (κ2) is 4.56. The summed E-state index contributed by atoms with van der Waals surface area (Å²) >= 11 is 1.72. The van der Waals surface area contributed by atoms with Crippen LogP contribution in [-0.2, 0) is 17.6 Å². The van der Waals surface area contributed by atoms with Gasteiger partial charge in [-0.2, -0.15) is 0 Å². The predicted molar refractivity (Wildman–Crippen MR) is 76.4 cm³/mol. The van der Waals surface area contributed by atoms with Crippen molar-refractivity contribution in [1.29, 1.82) is 0 Å². The van der Waals surface area contributed by atoms with Crippen molar-refractivity contribution in [3.05, 3.63) is 22.5 Å². The van der Waals surface area contributed by atoms with Crippen molar-refractivity contribution in [3.63, 3.8) is 0 Å². The smallest absolute Gasteiger partial charge is 0.225 e. The lowest BCUT2D eigenvalue weighted by atomic mass is 9.87. The van der Waals surface area contributed by atoms with E-state index in [-0.39, 0.29) is 11.8 Å². The lowest BCUT2D eigenvalue weighted by molar-refractivity contribution is -0.133.